The van der Waals surface area contributed by atoms with Gasteiger partial charge in [0.15, 0.2) is 0 Å². The molecule has 2 aliphatic rings. The fraction of sp³-hybridized carbons (Fsp3) is 0.450. The molecule has 1 saturated heterocycles. The molecule has 1 saturated carbocycles. The molecule has 2 heterocycles. The number of pyridine rings is 1. The maximum Gasteiger partial charge on any atom is 0.341 e. The lowest BCUT2D eigenvalue weighted by atomic mass is 10.1. The first kappa shape index (κ1) is 18.5. The van der Waals surface area contributed by atoms with Crippen LogP contribution in [-0.2, 0) is 4.79 Å². The van der Waals surface area contributed by atoms with Gasteiger partial charge in [-0.2, -0.15) is 0 Å². The molecule has 7 nitrogen and oxygen atoms in total. The number of aromatic carboxylic acids is 1. The van der Waals surface area contributed by atoms with Crippen LogP contribution in [0.25, 0.3) is 10.9 Å². The highest BCUT2D eigenvalue weighted by Gasteiger charge is 2.30. The molecule has 1 aliphatic carbocycles. The predicted molar refractivity (Wildman–Crippen MR) is 102 cm³/mol. The van der Waals surface area contributed by atoms with Crippen LogP contribution in [0.4, 0.5) is 10.1 Å². The van der Waals surface area contributed by atoms with E-state index in [0.717, 1.165) is 18.9 Å². The number of fused-ring (bicyclic) bond motifs is 1. The van der Waals surface area contributed by atoms with Crippen molar-refractivity contribution in [3.05, 3.63) is 39.9 Å². The van der Waals surface area contributed by atoms with E-state index in [1.807, 2.05) is 11.8 Å². The molecule has 1 aromatic heterocycles. The van der Waals surface area contributed by atoms with Gasteiger partial charge in [0, 0.05) is 50.2 Å². The largest absolute Gasteiger partial charge is 0.477 e. The molecule has 8 heteroatoms. The Hall–Kier alpha value is -2.90. The molecule has 4 rings (SSSR count). The molecule has 2 aromatic rings. The van der Waals surface area contributed by atoms with Crippen LogP contribution in [0.1, 0.15) is 43.1 Å². The zero-order valence-electron chi connectivity index (χ0n) is 15.8. The van der Waals surface area contributed by atoms with Gasteiger partial charge in [0.2, 0.25) is 11.3 Å². The number of carboxylic acid groups (broad SMARTS) is 1. The van der Waals surface area contributed by atoms with Crippen LogP contribution in [0, 0.1) is 5.82 Å². The number of piperazine rings is 1. The number of amides is 1. The number of hydrogen-bond acceptors (Lipinski definition) is 4. The molecule has 0 spiro atoms. The summed E-state index contributed by atoms with van der Waals surface area (Å²) in [4.78, 5) is 39.3. The third-order valence-electron chi connectivity index (χ3n) is 5.64. The van der Waals surface area contributed by atoms with Crippen molar-refractivity contribution in [3.63, 3.8) is 0 Å². The minimum atomic E-state index is -1.31. The maximum absolute atomic E-state index is 14.9. The minimum Gasteiger partial charge on any atom is -0.477 e. The van der Waals surface area contributed by atoms with Gasteiger partial charge in [0.25, 0.3) is 0 Å². The Balaban J connectivity index is 1.81. The van der Waals surface area contributed by atoms with Gasteiger partial charge in [-0.1, -0.05) is 0 Å². The summed E-state index contributed by atoms with van der Waals surface area (Å²) >= 11 is 0. The lowest BCUT2D eigenvalue weighted by Crippen LogP contribution is -2.53. The van der Waals surface area contributed by atoms with Crippen LogP contribution >= 0.6 is 0 Å². The first-order valence-electron chi connectivity index (χ1n) is 9.41. The van der Waals surface area contributed by atoms with E-state index in [1.165, 1.54) is 13.1 Å². The van der Waals surface area contributed by atoms with Gasteiger partial charge in [-0.05, 0) is 31.9 Å². The van der Waals surface area contributed by atoms with Crippen molar-refractivity contribution in [3.8, 4) is 0 Å². The van der Waals surface area contributed by atoms with E-state index in [0.29, 0.717) is 30.8 Å². The highest BCUT2D eigenvalue weighted by Crippen LogP contribution is 2.38. The van der Waals surface area contributed by atoms with Crippen molar-refractivity contribution < 1.29 is 19.1 Å². The number of carbonyl (C=O) groups excluding carboxylic acids is 1. The Kier molecular flexibility index (Phi) is 4.36. The summed E-state index contributed by atoms with van der Waals surface area (Å²) in [5.74, 6) is -1.87. The number of hydrogen-bond donors (Lipinski definition) is 1. The smallest absolute Gasteiger partial charge is 0.341 e. The molecule has 0 bridgehead atoms. The van der Waals surface area contributed by atoms with Crippen molar-refractivity contribution in [1.29, 1.82) is 0 Å². The van der Waals surface area contributed by atoms with E-state index >= 15 is 0 Å². The number of benzene rings is 1. The number of rotatable bonds is 3. The highest BCUT2D eigenvalue weighted by atomic mass is 19.1. The Morgan fingerprint density at radius 3 is 2.50 bits per heavy atom. The molecule has 0 radical (unpaired) electrons. The number of aromatic nitrogens is 1. The van der Waals surface area contributed by atoms with Crippen LogP contribution in [0.2, 0.25) is 0 Å². The zero-order valence-corrected chi connectivity index (χ0v) is 15.8. The molecule has 1 atom stereocenters. The van der Waals surface area contributed by atoms with Gasteiger partial charge in [0.1, 0.15) is 11.4 Å². The SMILES string of the molecule is CC(=O)N1CCN(c2cc3c(cc2F)c(=O)c(C(=O)O)cn3C2CC2)C[C@@H]1C. The summed E-state index contributed by atoms with van der Waals surface area (Å²) in [5.41, 5.74) is -0.0789. The fourth-order valence-electron chi connectivity index (χ4n) is 4.05. The average Bonchev–Trinajstić information content (AvgIpc) is 3.46. The second kappa shape index (κ2) is 6.61. The van der Waals surface area contributed by atoms with E-state index in [1.54, 1.807) is 15.5 Å². The predicted octanol–water partition coefficient (Wildman–Crippen LogP) is 2.23. The number of carboxylic acids is 1. The Labute approximate surface area is 161 Å². The first-order chi connectivity index (χ1) is 13.3. The molecular weight excluding hydrogens is 365 g/mol. The van der Waals surface area contributed by atoms with Crippen LogP contribution in [0.15, 0.2) is 23.1 Å². The van der Waals surface area contributed by atoms with E-state index in [2.05, 4.69) is 0 Å². The molecule has 0 unspecified atom stereocenters. The first-order valence-corrected chi connectivity index (χ1v) is 9.41. The number of halogens is 1. The van der Waals surface area contributed by atoms with Crippen molar-refractivity contribution in [2.45, 2.75) is 38.8 Å². The van der Waals surface area contributed by atoms with Gasteiger partial charge >= 0.3 is 5.97 Å². The third kappa shape index (κ3) is 3.02. The summed E-state index contributed by atoms with van der Waals surface area (Å²) < 4.78 is 16.7. The van der Waals surface area contributed by atoms with Gasteiger partial charge < -0.3 is 19.5 Å². The van der Waals surface area contributed by atoms with Gasteiger partial charge in [0.05, 0.1) is 11.2 Å². The minimum absolute atomic E-state index is 0.00472. The highest BCUT2D eigenvalue weighted by molar-refractivity contribution is 5.93. The zero-order chi connectivity index (χ0) is 20.2. The van der Waals surface area contributed by atoms with Gasteiger partial charge in [-0.3, -0.25) is 9.59 Å². The molecule has 28 heavy (non-hydrogen) atoms. The quantitative estimate of drug-likeness (QED) is 0.873. The molecule has 148 valence electrons. The molecule has 2 fully saturated rings. The van der Waals surface area contributed by atoms with Crippen molar-refractivity contribution in [1.82, 2.24) is 9.47 Å². The van der Waals surface area contributed by atoms with Gasteiger partial charge in [-0.15, -0.1) is 0 Å². The molecule has 1 amide bonds. The van der Waals surface area contributed by atoms with Crippen molar-refractivity contribution in [2.24, 2.45) is 0 Å². The summed E-state index contributed by atoms with van der Waals surface area (Å²) in [6.45, 7) is 4.93. The lowest BCUT2D eigenvalue weighted by Gasteiger charge is -2.40. The van der Waals surface area contributed by atoms with Crippen LogP contribution in [0.3, 0.4) is 0 Å². The monoisotopic (exact) mass is 387 g/mol. The topological polar surface area (TPSA) is 82.8 Å². The lowest BCUT2D eigenvalue weighted by molar-refractivity contribution is -0.131. The molecular formula is C20H22FN3O4. The standard InChI is InChI=1S/C20H22FN3O4/c1-11-9-22(5-6-23(11)12(2)25)18-8-17-14(7-16(18)21)19(26)15(20(27)28)10-24(17)13-3-4-13/h7-8,10-11,13H,3-6,9H2,1-2H3,(H,27,28)/t11-/m0/s1. The molecule has 1 N–H and O–H groups in total. The van der Waals surface area contributed by atoms with Crippen LogP contribution in [0.5, 0.6) is 0 Å². The van der Waals surface area contributed by atoms with E-state index in [9.17, 15) is 23.9 Å². The van der Waals surface area contributed by atoms with Crippen molar-refractivity contribution in [2.75, 3.05) is 24.5 Å². The summed E-state index contributed by atoms with van der Waals surface area (Å²) in [6, 6.07) is 2.88. The van der Waals surface area contributed by atoms with Crippen molar-refractivity contribution >= 4 is 28.5 Å². The number of nitrogens with zero attached hydrogens (tertiary/aromatic N) is 3. The van der Waals surface area contributed by atoms with Crippen LogP contribution in [-0.4, -0.2) is 52.1 Å². The summed E-state index contributed by atoms with van der Waals surface area (Å²) in [5, 5.41) is 9.42. The summed E-state index contributed by atoms with van der Waals surface area (Å²) in [6.07, 6.45) is 3.18. The van der Waals surface area contributed by atoms with E-state index in [-0.39, 0.29) is 28.9 Å². The molecule has 1 aliphatic heterocycles. The second-order valence-electron chi connectivity index (χ2n) is 7.64. The third-order valence-corrected chi connectivity index (χ3v) is 5.64. The Morgan fingerprint density at radius 2 is 1.93 bits per heavy atom. The Bertz CT molecular complexity index is 1040. The van der Waals surface area contributed by atoms with Crippen LogP contribution < -0.4 is 10.3 Å². The fourth-order valence-corrected chi connectivity index (χ4v) is 4.05. The number of anilines is 1. The van der Waals surface area contributed by atoms with E-state index < -0.39 is 17.2 Å². The average molecular weight is 387 g/mol. The van der Waals surface area contributed by atoms with E-state index in [4.69, 9.17) is 0 Å². The maximum atomic E-state index is 14.9. The number of carbonyl (C=O) groups is 2. The second-order valence-corrected chi connectivity index (χ2v) is 7.64. The Morgan fingerprint density at radius 1 is 1.21 bits per heavy atom. The molecule has 1 aromatic carbocycles. The van der Waals surface area contributed by atoms with Gasteiger partial charge in [-0.25, -0.2) is 9.18 Å². The normalized spacial score (nSPS) is 19.9. The summed E-state index contributed by atoms with van der Waals surface area (Å²) in [7, 11) is 0.